The minimum absolute atomic E-state index is 0.106. The lowest BCUT2D eigenvalue weighted by Crippen LogP contribution is -2.33. The monoisotopic (exact) mass is 355 g/mol. The highest BCUT2D eigenvalue weighted by Gasteiger charge is 2.39. The summed E-state index contributed by atoms with van der Waals surface area (Å²) >= 11 is 0. The van der Waals surface area contributed by atoms with Gasteiger partial charge >= 0.3 is 0 Å². The number of likely N-dealkylation sites (tertiary alicyclic amines) is 1. The van der Waals surface area contributed by atoms with Crippen LogP contribution in [0.1, 0.15) is 34.8 Å². The Hall–Kier alpha value is -2.28. The van der Waals surface area contributed by atoms with Gasteiger partial charge in [-0.25, -0.2) is 4.39 Å². The molecule has 2 aromatic rings. The van der Waals surface area contributed by atoms with E-state index in [4.69, 9.17) is 0 Å². The molecular weight excluding hydrogens is 333 g/mol. The van der Waals surface area contributed by atoms with Crippen molar-refractivity contribution in [2.45, 2.75) is 38.4 Å². The van der Waals surface area contributed by atoms with Crippen LogP contribution in [0.15, 0.2) is 24.3 Å². The Labute approximate surface area is 151 Å². The summed E-state index contributed by atoms with van der Waals surface area (Å²) in [7, 11) is 0. The standard InChI is InChI=1S/C19H22FN5O/c20-16-4-2-1-3-12(16)8-24-9-13-7-17-22-23-18(19(26)21-15-5-6-15)25(17)11-14(13)10-24/h1-4,13-15H,5-11H2,(H,21,26). The smallest absolute Gasteiger partial charge is 0.289 e. The van der Waals surface area contributed by atoms with Crippen LogP contribution in [0.5, 0.6) is 0 Å². The second kappa shape index (κ2) is 6.16. The number of benzene rings is 1. The van der Waals surface area contributed by atoms with Gasteiger partial charge in [0.25, 0.3) is 5.91 Å². The maximum absolute atomic E-state index is 13.9. The predicted octanol–water partition coefficient (Wildman–Crippen LogP) is 1.61. The number of hydrogen-bond donors (Lipinski definition) is 1. The van der Waals surface area contributed by atoms with Crippen LogP contribution in [-0.4, -0.2) is 44.7 Å². The lowest BCUT2D eigenvalue weighted by molar-refractivity contribution is 0.0932. The van der Waals surface area contributed by atoms with Crippen LogP contribution in [-0.2, 0) is 19.5 Å². The number of fused-ring (bicyclic) bond motifs is 2. The SMILES string of the molecule is O=C(NC1CC1)c1nnc2n1CC1CN(Cc3ccccc3F)CC1C2. The third kappa shape index (κ3) is 2.90. The van der Waals surface area contributed by atoms with Gasteiger partial charge in [-0.15, -0.1) is 10.2 Å². The van der Waals surface area contributed by atoms with Crippen LogP contribution in [0.3, 0.4) is 0 Å². The van der Waals surface area contributed by atoms with Crippen LogP contribution in [0.2, 0.25) is 0 Å². The maximum Gasteiger partial charge on any atom is 0.289 e. The lowest BCUT2D eigenvalue weighted by Gasteiger charge is -2.25. The zero-order valence-corrected chi connectivity index (χ0v) is 14.6. The number of amides is 1. The van der Waals surface area contributed by atoms with Gasteiger partial charge in [0.2, 0.25) is 5.82 Å². The Morgan fingerprint density at radius 3 is 2.77 bits per heavy atom. The Bertz CT molecular complexity index is 846. The molecule has 1 amide bonds. The van der Waals surface area contributed by atoms with Crippen LogP contribution in [0.25, 0.3) is 0 Å². The first-order valence-electron chi connectivity index (χ1n) is 9.36. The summed E-state index contributed by atoms with van der Waals surface area (Å²) in [4.78, 5) is 14.7. The first-order chi connectivity index (χ1) is 12.7. The fourth-order valence-corrected chi connectivity index (χ4v) is 4.26. The molecule has 7 heteroatoms. The van der Waals surface area contributed by atoms with Crippen molar-refractivity contribution in [1.82, 2.24) is 25.0 Å². The van der Waals surface area contributed by atoms with E-state index in [2.05, 4.69) is 20.4 Å². The molecule has 1 saturated heterocycles. The first kappa shape index (κ1) is 15.9. The minimum Gasteiger partial charge on any atom is -0.347 e. The van der Waals surface area contributed by atoms with Crippen molar-refractivity contribution >= 4 is 5.91 Å². The second-order valence-corrected chi connectivity index (χ2v) is 7.81. The quantitative estimate of drug-likeness (QED) is 0.905. The fourth-order valence-electron chi connectivity index (χ4n) is 4.26. The highest BCUT2D eigenvalue weighted by molar-refractivity contribution is 5.91. The van der Waals surface area contributed by atoms with Crippen molar-refractivity contribution in [3.63, 3.8) is 0 Å². The summed E-state index contributed by atoms with van der Waals surface area (Å²) in [5, 5.41) is 11.4. The molecule has 3 aliphatic rings. The van der Waals surface area contributed by atoms with Gasteiger partial charge in [-0.1, -0.05) is 18.2 Å². The fraction of sp³-hybridized carbons (Fsp3) is 0.526. The summed E-state index contributed by atoms with van der Waals surface area (Å²) in [5.74, 6) is 2.05. The molecule has 3 heterocycles. The van der Waals surface area contributed by atoms with Gasteiger partial charge < -0.3 is 9.88 Å². The number of nitrogens with one attached hydrogen (secondary N) is 1. The molecule has 0 radical (unpaired) electrons. The predicted molar refractivity (Wildman–Crippen MR) is 92.9 cm³/mol. The van der Waals surface area contributed by atoms with Crippen LogP contribution in [0.4, 0.5) is 4.39 Å². The van der Waals surface area contributed by atoms with E-state index in [1.54, 1.807) is 6.07 Å². The molecule has 5 rings (SSSR count). The molecule has 2 aliphatic heterocycles. The highest BCUT2D eigenvalue weighted by atomic mass is 19.1. The van der Waals surface area contributed by atoms with E-state index in [9.17, 15) is 9.18 Å². The molecule has 1 saturated carbocycles. The molecule has 26 heavy (non-hydrogen) atoms. The zero-order chi connectivity index (χ0) is 17.7. The van der Waals surface area contributed by atoms with Crippen molar-refractivity contribution in [2.24, 2.45) is 11.8 Å². The Balaban J connectivity index is 1.29. The molecule has 1 aliphatic carbocycles. The third-order valence-electron chi connectivity index (χ3n) is 5.81. The Kier molecular flexibility index (Phi) is 3.77. The number of aromatic nitrogens is 3. The number of rotatable bonds is 4. The molecule has 6 nitrogen and oxygen atoms in total. The van der Waals surface area contributed by atoms with Crippen LogP contribution >= 0.6 is 0 Å². The van der Waals surface area contributed by atoms with Crippen molar-refractivity contribution in [1.29, 1.82) is 0 Å². The van der Waals surface area contributed by atoms with Crippen molar-refractivity contribution in [3.8, 4) is 0 Å². The van der Waals surface area contributed by atoms with Crippen molar-refractivity contribution in [3.05, 3.63) is 47.3 Å². The lowest BCUT2D eigenvalue weighted by atomic mass is 9.89. The molecule has 2 unspecified atom stereocenters. The molecule has 1 aromatic heterocycles. The van der Waals surface area contributed by atoms with Gasteiger partial charge in [-0.2, -0.15) is 0 Å². The van der Waals surface area contributed by atoms with Crippen LogP contribution in [0, 0.1) is 17.7 Å². The average molecular weight is 355 g/mol. The molecule has 136 valence electrons. The summed E-state index contributed by atoms with van der Waals surface area (Å²) in [6.07, 6.45) is 2.95. The maximum atomic E-state index is 13.9. The van der Waals surface area contributed by atoms with Gasteiger partial charge in [-0.3, -0.25) is 9.69 Å². The topological polar surface area (TPSA) is 63.1 Å². The molecule has 0 bridgehead atoms. The second-order valence-electron chi connectivity index (χ2n) is 7.81. The van der Waals surface area contributed by atoms with Gasteiger partial charge in [0.15, 0.2) is 0 Å². The first-order valence-corrected chi connectivity index (χ1v) is 9.36. The van der Waals surface area contributed by atoms with E-state index in [1.165, 1.54) is 6.07 Å². The van der Waals surface area contributed by atoms with E-state index in [1.807, 2.05) is 16.7 Å². The Morgan fingerprint density at radius 1 is 1.15 bits per heavy atom. The molecular formula is C19H22FN5O. The summed E-state index contributed by atoms with van der Waals surface area (Å²) in [5.41, 5.74) is 0.745. The molecule has 1 aromatic carbocycles. The van der Waals surface area contributed by atoms with E-state index in [-0.39, 0.29) is 11.7 Å². The molecule has 2 atom stereocenters. The molecule has 0 spiro atoms. The molecule has 1 N–H and O–H groups in total. The summed E-state index contributed by atoms with van der Waals surface area (Å²) in [6.45, 7) is 3.26. The highest BCUT2D eigenvalue weighted by Crippen LogP contribution is 2.33. The summed E-state index contributed by atoms with van der Waals surface area (Å²) in [6, 6.07) is 7.29. The zero-order valence-electron chi connectivity index (χ0n) is 14.6. The van der Waals surface area contributed by atoms with Gasteiger partial charge in [0.1, 0.15) is 11.6 Å². The van der Waals surface area contributed by atoms with Gasteiger partial charge in [0, 0.05) is 44.2 Å². The van der Waals surface area contributed by atoms with Crippen molar-refractivity contribution < 1.29 is 9.18 Å². The van der Waals surface area contributed by atoms with E-state index in [0.717, 1.165) is 50.3 Å². The molecule has 2 fully saturated rings. The number of nitrogens with zero attached hydrogens (tertiary/aromatic N) is 4. The number of halogens is 1. The van der Waals surface area contributed by atoms with Crippen molar-refractivity contribution in [2.75, 3.05) is 13.1 Å². The largest absolute Gasteiger partial charge is 0.347 e. The normalized spacial score (nSPS) is 25.0. The summed E-state index contributed by atoms with van der Waals surface area (Å²) < 4.78 is 15.9. The van der Waals surface area contributed by atoms with Crippen LogP contribution < -0.4 is 5.32 Å². The minimum atomic E-state index is -0.140. The van der Waals surface area contributed by atoms with E-state index < -0.39 is 0 Å². The Morgan fingerprint density at radius 2 is 1.96 bits per heavy atom. The van der Waals surface area contributed by atoms with Gasteiger partial charge in [-0.05, 0) is 30.7 Å². The third-order valence-corrected chi connectivity index (χ3v) is 5.81. The van der Waals surface area contributed by atoms with E-state index >= 15 is 0 Å². The average Bonchev–Trinajstić information content (AvgIpc) is 3.20. The van der Waals surface area contributed by atoms with E-state index in [0.29, 0.717) is 30.2 Å². The number of carbonyl (C=O) groups excluding carboxylic acids is 1. The number of carbonyl (C=O) groups is 1. The number of hydrogen-bond acceptors (Lipinski definition) is 4. The van der Waals surface area contributed by atoms with Gasteiger partial charge in [0.05, 0.1) is 0 Å².